The summed E-state index contributed by atoms with van der Waals surface area (Å²) in [5.41, 5.74) is 0.990. The zero-order chi connectivity index (χ0) is 13.2. The number of ether oxygens (including phenoxy) is 1. The van der Waals surface area contributed by atoms with Gasteiger partial charge in [0.25, 0.3) is 0 Å². The van der Waals surface area contributed by atoms with Gasteiger partial charge in [-0.05, 0) is 49.1 Å². The largest absolute Gasteiger partial charge is 0.497 e. The lowest BCUT2D eigenvalue weighted by Gasteiger charge is -2.36. The summed E-state index contributed by atoms with van der Waals surface area (Å²) in [5.74, 6) is -0.0993. The molecule has 1 aromatic rings. The molecule has 0 aliphatic heterocycles. The standard InChI is InChI=1S/C14H19NO3/c1-3-15-14(13(16)17)8-4-5-10-6-7-11(18-2)9-12(10)14/h6-7,9,15H,3-5,8H2,1-2H3,(H,16,17). The Kier molecular flexibility index (Phi) is 3.57. The molecule has 4 nitrogen and oxygen atoms in total. The Morgan fingerprint density at radius 1 is 1.56 bits per heavy atom. The molecule has 0 aromatic heterocycles. The average molecular weight is 249 g/mol. The zero-order valence-electron chi connectivity index (χ0n) is 10.8. The van der Waals surface area contributed by atoms with Gasteiger partial charge < -0.3 is 9.84 Å². The average Bonchev–Trinajstić information content (AvgIpc) is 2.38. The van der Waals surface area contributed by atoms with Crippen molar-refractivity contribution in [1.82, 2.24) is 5.32 Å². The van der Waals surface area contributed by atoms with Crippen LogP contribution in [0.2, 0.25) is 0 Å². The molecule has 2 N–H and O–H groups in total. The van der Waals surface area contributed by atoms with Gasteiger partial charge in [-0.2, -0.15) is 0 Å². The van der Waals surface area contributed by atoms with Crippen molar-refractivity contribution in [2.24, 2.45) is 0 Å². The summed E-state index contributed by atoms with van der Waals surface area (Å²) >= 11 is 0. The van der Waals surface area contributed by atoms with E-state index in [1.807, 2.05) is 25.1 Å². The summed E-state index contributed by atoms with van der Waals surface area (Å²) in [6, 6.07) is 5.72. The summed E-state index contributed by atoms with van der Waals surface area (Å²) in [4.78, 5) is 11.7. The Hall–Kier alpha value is -1.55. The van der Waals surface area contributed by atoms with E-state index in [1.54, 1.807) is 7.11 Å². The molecule has 0 radical (unpaired) electrons. The van der Waals surface area contributed by atoms with Gasteiger partial charge in [-0.1, -0.05) is 13.0 Å². The fourth-order valence-corrected chi connectivity index (χ4v) is 2.76. The SMILES string of the molecule is CCNC1(C(=O)O)CCCc2ccc(OC)cc21. The fourth-order valence-electron chi connectivity index (χ4n) is 2.76. The molecule has 0 bridgehead atoms. The second kappa shape index (κ2) is 4.98. The number of aryl methyl sites for hydroxylation is 1. The molecule has 1 unspecified atom stereocenters. The quantitative estimate of drug-likeness (QED) is 0.856. The molecular weight excluding hydrogens is 230 g/mol. The molecular formula is C14H19NO3. The molecule has 1 aromatic carbocycles. The molecule has 1 aliphatic carbocycles. The van der Waals surface area contributed by atoms with Crippen LogP contribution >= 0.6 is 0 Å². The van der Waals surface area contributed by atoms with Crippen LogP contribution in [0.5, 0.6) is 5.75 Å². The second-order valence-electron chi connectivity index (χ2n) is 4.62. The number of hydrogen-bond acceptors (Lipinski definition) is 3. The first-order chi connectivity index (χ1) is 8.64. The van der Waals surface area contributed by atoms with E-state index in [1.165, 1.54) is 0 Å². The topological polar surface area (TPSA) is 58.6 Å². The lowest BCUT2D eigenvalue weighted by molar-refractivity contribution is -0.146. The van der Waals surface area contributed by atoms with E-state index in [0.717, 1.165) is 24.0 Å². The monoisotopic (exact) mass is 249 g/mol. The Balaban J connectivity index is 2.55. The van der Waals surface area contributed by atoms with E-state index in [4.69, 9.17) is 4.74 Å². The van der Waals surface area contributed by atoms with Crippen molar-refractivity contribution in [3.05, 3.63) is 29.3 Å². The summed E-state index contributed by atoms with van der Waals surface area (Å²) in [6.45, 7) is 2.56. The van der Waals surface area contributed by atoms with Crippen LogP contribution in [0.3, 0.4) is 0 Å². The molecule has 1 aliphatic rings. The lowest BCUT2D eigenvalue weighted by atomic mass is 9.76. The van der Waals surface area contributed by atoms with E-state index in [0.29, 0.717) is 18.7 Å². The van der Waals surface area contributed by atoms with Crippen LogP contribution in [0.4, 0.5) is 0 Å². The summed E-state index contributed by atoms with van der Waals surface area (Å²) < 4.78 is 5.21. The number of carboxylic acids is 1. The smallest absolute Gasteiger partial charge is 0.328 e. The normalized spacial score (nSPS) is 22.3. The van der Waals surface area contributed by atoms with Crippen LogP contribution in [-0.4, -0.2) is 24.7 Å². The van der Waals surface area contributed by atoms with Gasteiger partial charge >= 0.3 is 5.97 Å². The first-order valence-electron chi connectivity index (χ1n) is 6.30. The van der Waals surface area contributed by atoms with Crippen molar-refractivity contribution in [2.75, 3.05) is 13.7 Å². The third-order valence-corrected chi connectivity index (χ3v) is 3.62. The number of likely N-dealkylation sites (N-methyl/N-ethyl adjacent to an activating group) is 1. The number of rotatable bonds is 4. The molecule has 0 saturated carbocycles. The third kappa shape index (κ3) is 1.97. The predicted octanol–water partition coefficient (Wildman–Crippen LogP) is 1.92. The lowest BCUT2D eigenvalue weighted by Crippen LogP contribution is -2.51. The number of aliphatic carboxylic acids is 1. The number of carboxylic acid groups (broad SMARTS) is 1. The minimum Gasteiger partial charge on any atom is -0.497 e. The highest BCUT2D eigenvalue weighted by Gasteiger charge is 2.43. The summed E-state index contributed by atoms with van der Waals surface area (Å²) in [6.07, 6.45) is 2.44. The van der Waals surface area contributed by atoms with Gasteiger partial charge in [-0.15, -0.1) is 0 Å². The Morgan fingerprint density at radius 2 is 2.33 bits per heavy atom. The van der Waals surface area contributed by atoms with Crippen LogP contribution in [0.15, 0.2) is 18.2 Å². The molecule has 18 heavy (non-hydrogen) atoms. The van der Waals surface area contributed by atoms with Crippen molar-refractivity contribution in [3.63, 3.8) is 0 Å². The minimum absolute atomic E-state index is 0.621. The van der Waals surface area contributed by atoms with E-state index in [9.17, 15) is 9.90 Å². The molecule has 0 saturated heterocycles. The van der Waals surface area contributed by atoms with E-state index >= 15 is 0 Å². The maximum atomic E-state index is 11.7. The number of methoxy groups -OCH3 is 1. The highest BCUT2D eigenvalue weighted by Crippen LogP contribution is 2.37. The van der Waals surface area contributed by atoms with Gasteiger partial charge in [0, 0.05) is 0 Å². The highest BCUT2D eigenvalue weighted by atomic mass is 16.5. The van der Waals surface area contributed by atoms with Gasteiger partial charge in [0.05, 0.1) is 7.11 Å². The molecule has 1 atom stereocenters. The molecule has 4 heteroatoms. The molecule has 0 amide bonds. The minimum atomic E-state index is -0.961. The molecule has 2 rings (SSSR count). The van der Waals surface area contributed by atoms with Crippen molar-refractivity contribution in [3.8, 4) is 5.75 Å². The zero-order valence-corrected chi connectivity index (χ0v) is 10.8. The number of hydrogen-bond donors (Lipinski definition) is 2. The fraction of sp³-hybridized carbons (Fsp3) is 0.500. The van der Waals surface area contributed by atoms with Gasteiger partial charge in [0.1, 0.15) is 11.3 Å². The molecule has 0 fully saturated rings. The predicted molar refractivity (Wildman–Crippen MR) is 68.9 cm³/mol. The van der Waals surface area contributed by atoms with E-state index in [-0.39, 0.29) is 0 Å². The maximum Gasteiger partial charge on any atom is 0.328 e. The van der Waals surface area contributed by atoms with Crippen LogP contribution in [0, 0.1) is 0 Å². The number of fused-ring (bicyclic) bond motifs is 1. The third-order valence-electron chi connectivity index (χ3n) is 3.62. The Bertz CT molecular complexity index is 458. The van der Waals surface area contributed by atoms with Crippen molar-refractivity contribution < 1.29 is 14.6 Å². The molecule has 0 spiro atoms. The maximum absolute atomic E-state index is 11.7. The van der Waals surface area contributed by atoms with Crippen molar-refractivity contribution in [1.29, 1.82) is 0 Å². The summed E-state index contributed by atoms with van der Waals surface area (Å²) in [5, 5.41) is 12.8. The number of benzene rings is 1. The van der Waals surface area contributed by atoms with Crippen molar-refractivity contribution in [2.45, 2.75) is 31.7 Å². The van der Waals surface area contributed by atoms with Gasteiger partial charge in [0.2, 0.25) is 0 Å². The van der Waals surface area contributed by atoms with Gasteiger partial charge in [-0.3, -0.25) is 5.32 Å². The Labute approximate surface area is 107 Å². The van der Waals surface area contributed by atoms with E-state index < -0.39 is 11.5 Å². The van der Waals surface area contributed by atoms with Crippen LogP contribution in [0.25, 0.3) is 0 Å². The van der Waals surface area contributed by atoms with Gasteiger partial charge in [0.15, 0.2) is 0 Å². The highest BCUT2D eigenvalue weighted by molar-refractivity contribution is 5.82. The van der Waals surface area contributed by atoms with Crippen LogP contribution in [0.1, 0.15) is 30.9 Å². The van der Waals surface area contributed by atoms with Gasteiger partial charge in [-0.25, -0.2) is 4.79 Å². The molecule has 98 valence electrons. The number of carbonyl (C=O) groups is 1. The first-order valence-corrected chi connectivity index (χ1v) is 6.30. The Morgan fingerprint density at radius 3 is 2.94 bits per heavy atom. The first kappa shape index (κ1) is 12.9. The molecule has 0 heterocycles. The van der Waals surface area contributed by atoms with Crippen molar-refractivity contribution >= 4 is 5.97 Å². The second-order valence-corrected chi connectivity index (χ2v) is 4.62. The van der Waals surface area contributed by atoms with Crippen LogP contribution < -0.4 is 10.1 Å². The van der Waals surface area contributed by atoms with Crippen LogP contribution in [-0.2, 0) is 16.8 Å². The van der Waals surface area contributed by atoms with E-state index in [2.05, 4.69) is 5.32 Å². The number of nitrogens with one attached hydrogen (secondary N) is 1. The summed E-state index contributed by atoms with van der Waals surface area (Å²) in [7, 11) is 1.60.